The van der Waals surface area contributed by atoms with Crippen LogP contribution in [0.3, 0.4) is 0 Å². The maximum atomic E-state index is 12.6. The minimum Gasteiger partial charge on any atom is -0.378 e. The minimum atomic E-state index is -0.0122. The number of amides is 1. The number of hydrogen-bond acceptors (Lipinski definition) is 6. The molecule has 8 heteroatoms. The van der Waals surface area contributed by atoms with Gasteiger partial charge in [-0.05, 0) is 12.8 Å². The van der Waals surface area contributed by atoms with Crippen molar-refractivity contribution in [1.29, 1.82) is 0 Å². The molecule has 0 spiro atoms. The molecule has 3 heterocycles. The van der Waals surface area contributed by atoms with Crippen molar-refractivity contribution in [3.05, 3.63) is 11.2 Å². The zero-order chi connectivity index (χ0) is 15.5. The van der Waals surface area contributed by atoms with Crippen LogP contribution >= 0.6 is 11.6 Å². The van der Waals surface area contributed by atoms with Gasteiger partial charge in [0.1, 0.15) is 11.0 Å². The van der Waals surface area contributed by atoms with Crippen LogP contribution in [0.4, 0.5) is 11.8 Å². The lowest BCUT2D eigenvalue weighted by Crippen LogP contribution is -2.48. The Hall–Kier alpha value is -1.60. The Balaban J connectivity index is 1.69. The number of piperidine rings is 1. The van der Waals surface area contributed by atoms with E-state index in [-0.39, 0.29) is 17.8 Å². The lowest BCUT2D eigenvalue weighted by atomic mass is 9.96. The molecule has 2 aliphatic heterocycles. The topological polar surface area (TPSA) is 84.6 Å². The Bertz CT molecular complexity index is 530. The third kappa shape index (κ3) is 3.41. The molecule has 2 aliphatic rings. The van der Waals surface area contributed by atoms with Gasteiger partial charge in [0.15, 0.2) is 0 Å². The Morgan fingerprint density at radius 1 is 1.32 bits per heavy atom. The molecule has 2 N–H and O–H groups in total. The number of morpholine rings is 1. The Kier molecular flexibility index (Phi) is 4.63. The summed E-state index contributed by atoms with van der Waals surface area (Å²) in [5.74, 6) is 1.05. The second kappa shape index (κ2) is 6.66. The van der Waals surface area contributed by atoms with Gasteiger partial charge in [0, 0.05) is 32.2 Å². The molecular weight excluding hydrogens is 306 g/mol. The van der Waals surface area contributed by atoms with E-state index in [9.17, 15) is 4.79 Å². The fraction of sp³-hybridized carbons (Fsp3) is 0.643. The van der Waals surface area contributed by atoms with Crippen molar-refractivity contribution in [1.82, 2.24) is 14.9 Å². The summed E-state index contributed by atoms with van der Waals surface area (Å²) in [7, 11) is 0. The molecule has 0 bridgehead atoms. The predicted octanol–water partition coefficient (Wildman–Crippen LogP) is 0.787. The summed E-state index contributed by atoms with van der Waals surface area (Å²) in [5, 5.41) is 0.323. The number of hydrogen-bond donors (Lipinski definition) is 1. The quantitative estimate of drug-likeness (QED) is 0.809. The lowest BCUT2D eigenvalue weighted by Gasteiger charge is -2.36. The number of aromatic nitrogens is 2. The van der Waals surface area contributed by atoms with E-state index in [1.807, 2.05) is 4.90 Å². The average molecular weight is 326 g/mol. The first-order valence-corrected chi connectivity index (χ1v) is 7.93. The molecule has 120 valence electrons. The number of ether oxygens (including phenoxy) is 1. The highest BCUT2D eigenvalue weighted by atomic mass is 35.5. The molecule has 1 amide bonds. The molecule has 0 radical (unpaired) electrons. The van der Waals surface area contributed by atoms with E-state index in [1.165, 1.54) is 0 Å². The maximum Gasteiger partial charge on any atom is 0.227 e. The number of carbonyl (C=O) groups is 1. The molecule has 3 rings (SSSR count). The van der Waals surface area contributed by atoms with Crippen molar-refractivity contribution in [2.75, 3.05) is 50.0 Å². The van der Waals surface area contributed by atoms with E-state index in [0.717, 1.165) is 19.4 Å². The van der Waals surface area contributed by atoms with Gasteiger partial charge in [0.25, 0.3) is 0 Å². The molecule has 2 fully saturated rings. The van der Waals surface area contributed by atoms with Gasteiger partial charge < -0.3 is 20.3 Å². The van der Waals surface area contributed by atoms with Crippen LogP contribution in [-0.4, -0.2) is 60.2 Å². The predicted molar refractivity (Wildman–Crippen MR) is 83.8 cm³/mol. The monoisotopic (exact) mass is 325 g/mol. The van der Waals surface area contributed by atoms with Crippen LogP contribution in [0.15, 0.2) is 6.07 Å². The summed E-state index contributed by atoms with van der Waals surface area (Å²) in [6.45, 7) is 4.10. The number of nitrogen functional groups attached to an aromatic ring is 1. The molecule has 0 unspecified atom stereocenters. The first-order chi connectivity index (χ1) is 10.6. The molecule has 7 nitrogen and oxygen atoms in total. The standard InChI is InChI=1S/C14H20ClN5O2/c15-11-8-12(18-14(16)17-11)20-3-1-2-10(9-20)13(21)19-4-6-22-7-5-19/h8,10H,1-7,9H2,(H2,16,17,18)/t10-/m1/s1. The summed E-state index contributed by atoms with van der Waals surface area (Å²) in [6, 6.07) is 1.69. The molecule has 1 aromatic rings. The van der Waals surface area contributed by atoms with Gasteiger partial charge in [-0.3, -0.25) is 4.79 Å². The van der Waals surface area contributed by atoms with Crippen molar-refractivity contribution in [3.8, 4) is 0 Å². The van der Waals surface area contributed by atoms with E-state index < -0.39 is 0 Å². The van der Waals surface area contributed by atoms with Crippen LogP contribution in [0.2, 0.25) is 5.15 Å². The summed E-state index contributed by atoms with van der Waals surface area (Å²) in [6.07, 6.45) is 1.85. The number of nitrogens with zero attached hydrogens (tertiary/aromatic N) is 4. The molecule has 22 heavy (non-hydrogen) atoms. The van der Waals surface area contributed by atoms with Gasteiger partial charge in [0.05, 0.1) is 19.1 Å². The van der Waals surface area contributed by atoms with Crippen LogP contribution in [0.25, 0.3) is 0 Å². The Labute approximate surface area is 134 Å². The van der Waals surface area contributed by atoms with Gasteiger partial charge in [0.2, 0.25) is 11.9 Å². The molecule has 2 saturated heterocycles. The first-order valence-electron chi connectivity index (χ1n) is 7.55. The van der Waals surface area contributed by atoms with Crippen molar-refractivity contribution in [3.63, 3.8) is 0 Å². The third-order valence-electron chi connectivity index (χ3n) is 4.12. The van der Waals surface area contributed by atoms with Crippen molar-refractivity contribution in [2.45, 2.75) is 12.8 Å². The number of rotatable bonds is 2. The fourth-order valence-corrected chi connectivity index (χ4v) is 3.20. The van der Waals surface area contributed by atoms with E-state index in [0.29, 0.717) is 43.8 Å². The van der Waals surface area contributed by atoms with Crippen LogP contribution < -0.4 is 10.6 Å². The normalized spacial score (nSPS) is 22.7. The van der Waals surface area contributed by atoms with Gasteiger partial charge >= 0.3 is 0 Å². The zero-order valence-electron chi connectivity index (χ0n) is 12.4. The van der Waals surface area contributed by atoms with Crippen LogP contribution in [0, 0.1) is 5.92 Å². The Morgan fingerprint density at radius 2 is 2.09 bits per heavy atom. The second-order valence-electron chi connectivity index (χ2n) is 5.63. The average Bonchev–Trinajstić information content (AvgIpc) is 2.54. The molecule has 1 aromatic heterocycles. The molecule has 0 saturated carbocycles. The highest BCUT2D eigenvalue weighted by Crippen LogP contribution is 2.25. The number of anilines is 2. The summed E-state index contributed by atoms with van der Waals surface area (Å²) in [5.41, 5.74) is 5.66. The second-order valence-corrected chi connectivity index (χ2v) is 6.02. The van der Waals surface area contributed by atoms with E-state index in [4.69, 9.17) is 22.1 Å². The fourth-order valence-electron chi connectivity index (χ4n) is 3.01. The molecular formula is C14H20ClN5O2. The van der Waals surface area contributed by atoms with E-state index in [1.54, 1.807) is 6.07 Å². The zero-order valence-corrected chi connectivity index (χ0v) is 13.1. The van der Waals surface area contributed by atoms with Crippen LogP contribution in [0.5, 0.6) is 0 Å². The Morgan fingerprint density at radius 3 is 2.82 bits per heavy atom. The number of nitrogens with two attached hydrogens (primary N) is 1. The largest absolute Gasteiger partial charge is 0.378 e. The van der Waals surface area contributed by atoms with Crippen LogP contribution in [0.1, 0.15) is 12.8 Å². The van der Waals surface area contributed by atoms with Gasteiger partial charge in [-0.15, -0.1) is 0 Å². The van der Waals surface area contributed by atoms with Gasteiger partial charge in [-0.2, -0.15) is 4.98 Å². The van der Waals surface area contributed by atoms with E-state index in [2.05, 4.69) is 14.9 Å². The van der Waals surface area contributed by atoms with Gasteiger partial charge in [-0.25, -0.2) is 4.98 Å². The summed E-state index contributed by atoms with van der Waals surface area (Å²) >= 11 is 5.94. The van der Waals surface area contributed by atoms with Crippen LogP contribution in [-0.2, 0) is 9.53 Å². The van der Waals surface area contributed by atoms with Crippen molar-refractivity contribution in [2.24, 2.45) is 5.92 Å². The molecule has 1 atom stereocenters. The van der Waals surface area contributed by atoms with Crippen molar-refractivity contribution >= 4 is 29.3 Å². The minimum absolute atomic E-state index is 0.0122. The summed E-state index contributed by atoms with van der Waals surface area (Å²) < 4.78 is 5.30. The third-order valence-corrected chi connectivity index (χ3v) is 4.31. The summed E-state index contributed by atoms with van der Waals surface area (Å²) in [4.78, 5) is 24.7. The number of halogens is 1. The van der Waals surface area contributed by atoms with Crippen molar-refractivity contribution < 1.29 is 9.53 Å². The molecule has 0 aliphatic carbocycles. The maximum absolute atomic E-state index is 12.6. The SMILES string of the molecule is Nc1nc(Cl)cc(N2CCC[C@@H](C(=O)N3CCOCC3)C2)n1. The smallest absolute Gasteiger partial charge is 0.227 e. The first kappa shape index (κ1) is 15.3. The van der Waals surface area contributed by atoms with Gasteiger partial charge in [-0.1, -0.05) is 11.6 Å². The highest BCUT2D eigenvalue weighted by molar-refractivity contribution is 6.29. The number of carbonyl (C=O) groups excluding carboxylic acids is 1. The molecule has 0 aromatic carbocycles. The highest BCUT2D eigenvalue weighted by Gasteiger charge is 2.30. The van der Waals surface area contributed by atoms with E-state index >= 15 is 0 Å². The lowest BCUT2D eigenvalue weighted by molar-refractivity contribution is -0.139.